The van der Waals surface area contributed by atoms with Crippen molar-refractivity contribution in [2.75, 3.05) is 39.4 Å². The van der Waals surface area contributed by atoms with E-state index in [4.69, 9.17) is 9.15 Å². The van der Waals surface area contributed by atoms with Crippen LogP contribution in [0.25, 0.3) is 0 Å². The van der Waals surface area contributed by atoms with Gasteiger partial charge in [-0.2, -0.15) is 0 Å². The first-order chi connectivity index (χ1) is 11.1. The number of furan rings is 1. The normalized spacial score (nSPS) is 17.0. The molecule has 23 heavy (non-hydrogen) atoms. The Morgan fingerprint density at radius 1 is 1.30 bits per heavy atom. The standard InChI is InChI=1S/C16H25N3O4/c1-12(2)14(18-15(20)13-4-3-9-23-13)16(21)17-5-6-19-7-10-22-11-8-19/h3-4,9,12,14H,5-8,10-11H2,1-2H3,(H,17,21)(H,18,20). The summed E-state index contributed by atoms with van der Waals surface area (Å²) in [7, 11) is 0. The van der Waals surface area contributed by atoms with E-state index < -0.39 is 6.04 Å². The van der Waals surface area contributed by atoms with Gasteiger partial charge in [0, 0.05) is 26.2 Å². The van der Waals surface area contributed by atoms with Gasteiger partial charge in [-0.15, -0.1) is 0 Å². The summed E-state index contributed by atoms with van der Waals surface area (Å²) in [4.78, 5) is 26.6. The Balaban J connectivity index is 1.79. The van der Waals surface area contributed by atoms with Crippen LogP contribution in [0.5, 0.6) is 0 Å². The average molecular weight is 323 g/mol. The van der Waals surface area contributed by atoms with Crippen LogP contribution >= 0.6 is 0 Å². The maximum absolute atomic E-state index is 12.3. The van der Waals surface area contributed by atoms with Crippen molar-refractivity contribution in [3.05, 3.63) is 24.2 Å². The lowest BCUT2D eigenvalue weighted by Gasteiger charge is -2.27. The van der Waals surface area contributed by atoms with Gasteiger partial charge in [0.15, 0.2) is 5.76 Å². The zero-order chi connectivity index (χ0) is 16.7. The van der Waals surface area contributed by atoms with Gasteiger partial charge in [0.25, 0.3) is 5.91 Å². The number of nitrogens with one attached hydrogen (secondary N) is 2. The first-order valence-corrected chi connectivity index (χ1v) is 8.00. The molecule has 0 radical (unpaired) electrons. The molecule has 0 saturated carbocycles. The van der Waals surface area contributed by atoms with Gasteiger partial charge in [0.05, 0.1) is 19.5 Å². The van der Waals surface area contributed by atoms with Crippen LogP contribution in [0.3, 0.4) is 0 Å². The van der Waals surface area contributed by atoms with Crippen LogP contribution in [-0.2, 0) is 9.53 Å². The SMILES string of the molecule is CC(C)C(NC(=O)c1ccco1)C(=O)NCCN1CCOCC1. The maximum atomic E-state index is 12.3. The quantitative estimate of drug-likeness (QED) is 0.763. The third-order valence-electron chi connectivity index (χ3n) is 3.81. The Bertz CT molecular complexity index is 495. The average Bonchev–Trinajstić information content (AvgIpc) is 3.07. The molecule has 1 saturated heterocycles. The molecule has 0 bridgehead atoms. The zero-order valence-electron chi connectivity index (χ0n) is 13.7. The number of carbonyl (C=O) groups is 2. The van der Waals surface area contributed by atoms with Crippen LogP contribution in [-0.4, -0.2) is 62.1 Å². The number of nitrogens with zero attached hydrogens (tertiary/aromatic N) is 1. The molecule has 0 aromatic carbocycles. The highest BCUT2D eigenvalue weighted by atomic mass is 16.5. The second kappa shape index (κ2) is 8.69. The van der Waals surface area contributed by atoms with E-state index in [1.807, 2.05) is 13.8 Å². The topological polar surface area (TPSA) is 83.8 Å². The van der Waals surface area contributed by atoms with Crippen LogP contribution in [0.4, 0.5) is 0 Å². The number of amides is 2. The second-order valence-electron chi connectivity index (χ2n) is 5.92. The van der Waals surface area contributed by atoms with E-state index in [2.05, 4.69) is 15.5 Å². The molecule has 7 heteroatoms. The summed E-state index contributed by atoms with van der Waals surface area (Å²) in [5.74, 6) is -0.362. The van der Waals surface area contributed by atoms with E-state index in [0.29, 0.717) is 6.54 Å². The lowest BCUT2D eigenvalue weighted by molar-refractivity contribution is -0.124. The minimum atomic E-state index is -0.586. The molecule has 1 aliphatic rings. The number of carbonyl (C=O) groups excluding carboxylic acids is 2. The van der Waals surface area contributed by atoms with Crippen molar-refractivity contribution < 1.29 is 18.7 Å². The Morgan fingerprint density at radius 2 is 2.04 bits per heavy atom. The van der Waals surface area contributed by atoms with Crippen molar-refractivity contribution >= 4 is 11.8 Å². The van der Waals surface area contributed by atoms with Crippen LogP contribution in [0.1, 0.15) is 24.4 Å². The predicted octanol–water partition coefficient (Wildman–Crippen LogP) is 0.482. The number of morpholine rings is 1. The van der Waals surface area contributed by atoms with Gasteiger partial charge in [0.1, 0.15) is 6.04 Å². The predicted molar refractivity (Wildman–Crippen MR) is 85.1 cm³/mol. The van der Waals surface area contributed by atoms with E-state index in [1.54, 1.807) is 12.1 Å². The summed E-state index contributed by atoms with van der Waals surface area (Å²) in [6.07, 6.45) is 1.43. The Morgan fingerprint density at radius 3 is 2.65 bits per heavy atom. The molecule has 1 aromatic rings. The molecule has 2 rings (SSSR count). The molecule has 2 heterocycles. The van der Waals surface area contributed by atoms with E-state index >= 15 is 0 Å². The Hall–Kier alpha value is -1.86. The smallest absolute Gasteiger partial charge is 0.287 e. The third kappa shape index (κ3) is 5.37. The molecule has 1 unspecified atom stereocenters. The highest BCUT2D eigenvalue weighted by Crippen LogP contribution is 2.06. The van der Waals surface area contributed by atoms with Gasteiger partial charge in [-0.3, -0.25) is 14.5 Å². The molecular weight excluding hydrogens is 298 g/mol. The molecule has 1 fully saturated rings. The fourth-order valence-corrected chi connectivity index (χ4v) is 2.43. The first-order valence-electron chi connectivity index (χ1n) is 8.00. The van der Waals surface area contributed by atoms with E-state index in [9.17, 15) is 9.59 Å². The van der Waals surface area contributed by atoms with E-state index in [-0.39, 0.29) is 23.5 Å². The molecule has 0 spiro atoms. The van der Waals surface area contributed by atoms with E-state index in [1.165, 1.54) is 6.26 Å². The van der Waals surface area contributed by atoms with Gasteiger partial charge < -0.3 is 19.8 Å². The van der Waals surface area contributed by atoms with Crippen molar-refractivity contribution in [2.45, 2.75) is 19.9 Å². The largest absolute Gasteiger partial charge is 0.459 e. The zero-order valence-corrected chi connectivity index (χ0v) is 13.7. The van der Waals surface area contributed by atoms with Crippen LogP contribution in [0, 0.1) is 5.92 Å². The van der Waals surface area contributed by atoms with Crippen molar-refractivity contribution in [3.8, 4) is 0 Å². The lowest BCUT2D eigenvalue weighted by Crippen LogP contribution is -2.51. The van der Waals surface area contributed by atoms with Gasteiger partial charge in [-0.05, 0) is 18.1 Å². The summed E-state index contributed by atoms with van der Waals surface area (Å²) < 4.78 is 10.3. The highest BCUT2D eigenvalue weighted by Gasteiger charge is 2.25. The van der Waals surface area contributed by atoms with Crippen LogP contribution in [0.15, 0.2) is 22.8 Å². The van der Waals surface area contributed by atoms with Crippen LogP contribution in [0.2, 0.25) is 0 Å². The van der Waals surface area contributed by atoms with Crippen molar-refractivity contribution in [1.82, 2.24) is 15.5 Å². The highest BCUT2D eigenvalue weighted by molar-refractivity contribution is 5.95. The lowest BCUT2D eigenvalue weighted by atomic mass is 10.0. The molecule has 1 aromatic heterocycles. The molecular formula is C16H25N3O4. The van der Waals surface area contributed by atoms with Gasteiger partial charge >= 0.3 is 0 Å². The van der Waals surface area contributed by atoms with Crippen molar-refractivity contribution in [3.63, 3.8) is 0 Å². The molecule has 2 N–H and O–H groups in total. The monoisotopic (exact) mass is 323 g/mol. The molecule has 1 atom stereocenters. The summed E-state index contributed by atoms with van der Waals surface area (Å²) in [5.41, 5.74) is 0. The van der Waals surface area contributed by atoms with Crippen molar-refractivity contribution in [2.24, 2.45) is 5.92 Å². The molecule has 128 valence electrons. The molecule has 0 aliphatic carbocycles. The first kappa shape index (κ1) is 17.5. The molecule has 2 amide bonds. The van der Waals surface area contributed by atoms with Gasteiger partial charge in [0.2, 0.25) is 5.91 Å². The minimum Gasteiger partial charge on any atom is -0.459 e. The second-order valence-corrected chi connectivity index (χ2v) is 5.92. The van der Waals surface area contributed by atoms with Gasteiger partial charge in [-0.1, -0.05) is 13.8 Å². The molecule has 7 nitrogen and oxygen atoms in total. The molecule has 1 aliphatic heterocycles. The number of hydrogen-bond acceptors (Lipinski definition) is 5. The fourth-order valence-electron chi connectivity index (χ4n) is 2.43. The number of hydrogen-bond donors (Lipinski definition) is 2. The fraction of sp³-hybridized carbons (Fsp3) is 0.625. The van der Waals surface area contributed by atoms with Crippen LogP contribution < -0.4 is 10.6 Å². The number of ether oxygens (including phenoxy) is 1. The summed E-state index contributed by atoms with van der Waals surface area (Å²) >= 11 is 0. The Labute approximate surface area is 136 Å². The summed E-state index contributed by atoms with van der Waals surface area (Å²) in [6.45, 7) is 8.38. The maximum Gasteiger partial charge on any atom is 0.287 e. The van der Waals surface area contributed by atoms with Crippen molar-refractivity contribution in [1.29, 1.82) is 0 Å². The summed E-state index contributed by atoms with van der Waals surface area (Å²) in [6, 6.07) is 2.63. The Kier molecular flexibility index (Phi) is 6.61. The third-order valence-corrected chi connectivity index (χ3v) is 3.81. The van der Waals surface area contributed by atoms with Gasteiger partial charge in [-0.25, -0.2) is 0 Å². The number of rotatable bonds is 7. The summed E-state index contributed by atoms with van der Waals surface area (Å²) in [5, 5.41) is 5.62. The minimum absolute atomic E-state index is 0.0164. The van der Waals surface area contributed by atoms with E-state index in [0.717, 1.165) is 32.8 Å².